The Morgan fingerprint density at radius 3 is 2.67 bits per heavy atom. The summed E-state index contributed by atoms with van der Waals surface area (Å²) in [6, 6.07) is 13.0. The molecule has 0 fully saturated rings. The molecule has 1 aromatic heterocycles. The molecule has 0 bridgehead atoms. The molecule has 3 rings (SSSR count). The summed E-state index contributed by atoms with van der Waals surface area (Å²) in [6.07, 6.45) is 6.18. The van der Waals surface area contributed by atoms with Gasteiger partial charge in [0, 0.05) is 20.2 Å². The van der Waals surface area contributed by atoms with Gasteiger partial charge in [0.05, 0.1) is 0 Å². The fraction of sp³-hybridized carbons (Fsp3) is 0.0588. The third kappa shape index (κ3) is 1.59. The summed E-state index contributed by atoms with van der Waals surface area (Å²) in [5.41, 5.74) is 2.48. The molecule has 18 heavy (non-hydrogen) atoms. The smallest absolute Gasteiger partial charge is 0.0433 e. The predicted octanol–water partition coefficient (Wildman–Crippen LogP) is 5.73. The molecule has 0 amide bonds. The summed E-state index contributed by atoms with van der Waals surface area (Å²) in [6.45, 7) is 6.01. The zero-order chi connectivity index (χ0) is 12.5. The van der Waals surface area contributed by atoms with Gasteiger partial charge in [-0.15, -0.1) is 11.3 Å². The van der Waals surface area contributed by atoms with Crippen molar-refractivity contribution in [3.8, 4) is 0 Å². The molecule has 2 aromatic carbocycles. The minimum absolute atomic E-state index is 1.24. The molecule has 0 N–H and O–H groups in total. The van der Waals surface area contributed by atoms with Gasteiger partial charge in [-0.3, -0.25) is 0 Å². The van der Waals surface area contributed by atoms with Crippen LogP contribution in [0.1, 0.15) is 18.1 Å². The number of fused-ring (bicyclic) bond motifs is 3. The average molecular weight is 250 g/mol. The molecule has 0 nitrogen and oxygen atoms in total. The van der Waals surface area contributed by atoms with Gasteiger partial charge < -0.3 is 0 Å². The van der Waals surface area contributed by atoms with Crippen LogP contribution >= 0.6 is 11.3 Å². The second-order valence-electron chi connectivity index (χ2n) is 4.25. The van der Waals surface area contributed by atoms with Gasteiger partial charge in [-0.2, -0.15) is 0 Å². The normalized spacial score (nSPS) is 11.6. The maximum Gasteiger partial charge on any atom is 0.0433 e. The number of hydrogen-bond acceptors (Lipinski definition) is 1. The van der Waals surface area contributed by atoms with E-state index in [2.05, 4.69) is 55.1 Å². The molecule has 0 spiro atoms. The molecule has 0 atom stereocenters. The molecular weight excluding hydrogens is 236 g/mol. The van der Waals surface area contributed by atoms with Crippen molar-refractivity contribution >= 4 is 43.7 Å². The van der Waals surface area contributed by atoms with Gasteiger partial charge >= 0.3 is 0 Å². The van der Waals surface area contributed by atoms with E-state index in [0.29, 0.717) is 0 Å². The van der Waals surface area contributed by atoms with Crippen LogP contribution in [0.2, 0.25) is 0 Å². The lowest BCUT2D eigenvalue weighted by molar-refractivity contribution is 1.69. The van der Waals surface area contributed by atoms with Crippen LogP contribution in [0.4, 0.5) is 0 Å². The second-order valence-corrected chi connectivity index (χ2v) is 5.30. The van der Waals surface area contributed by atoms with Crippen LogP contribution < -0.4 is 0 Å². The molecule has 0 unspecified atom stereocenters. The van der Waals surface area contributed by atoms with Crippen molar-refractivity contribution in [1.29, 1.82) is 0 Å². The third-order valence-electron chi connectivity index (χ3n) is 3.17. The molecule has 0 aliphatic carbocycles. The highest BCUT2D eigenvalue weighted by Crippen LogP contribution is 2.37. The van der Waals surface area contributed by atoms with Gasteiger partial charge in [0.1, 0.15) is 0 Å². The van der Waals surface area contributed by atoms with Gasteiger partial charge in [-0.1, -0.05) is 55.1 Å². The highest BCUT2D eigenvalue weighted by Gasteiger charge is 2.09. The van der Waals surface area contributed by atoms with E-state index in [4.69, 9.17) is 0 Å². The van der Waals surface area contributed by atoms with Crippen LogP contribution in [-0.2, 0) is 0 Å². The van der Waals surface area contributed by atoms with Crippen LogP contribution in [0.25, 0.3) is 32.3 Å². The van der Waals surface area contributed by atoms with Crippen molar-refractivity contribution in [2.75, 3.05) is 0 Å². The average Bonchev–Trinajstić information content (AvgIpc) is 2.77. The van der Waals surface area contributed by atoms with Crippen molar-refractivity contribution in [2.45, 2.75) is 6.92 Å². The first-order valence-corrected chi connectivity index (χ1v) is 6.86. The van der Waals surface area contributed by atoms with E-state index < -0.39 is 0 Å². The van der Waals surface area contributed by atoms with Crippen molar-refractivity contribution in [1.82, 2.24) is 0 Å². The van der Waals surface area contributed by atoms with Crippen molar-refractivity contribution in [2.24, 2.45) is 0 Å². The van der Waals surface area contributed by atoms with E-state index in [1.54, 1.807) is 0 Å². The zero-order valence-corrected chi connectivity index (χ0v) is 11.1. The summed E-state index contributed by atoms with van der Waals surface area (Å²) >= 11 is 1.85. The van der Waals surface area contributed by atoms with E-state index in [1.165, 1.54) is 31.3 Å². The summed E-state index contributed by atoms with van der Waals surface area (Å²) in [5.74, 6) is 0. The Bertz CT molecular complexity index is 760. The Morgan fingerprint density at radius 2 is 1.89 bits per heavy atom. The van der Waals surface area contributed by atoms with Gasteiger partial charge in [-0.25, -0.2) is 0 Å². The molecule has 0 saturated heterocycles. The lowest BCUT2D eigenvalue weighted by Gasteiger charge is -2.02. The summed E-state index contributed by atoms with van der Waals surface area (Å²) in [4.78, 5) is 0. The standard InChI is InChI=1S/C17H14S/c1-3-7-12-10-11-15-14-8-5-6-9-16(14)18-17(15)13(12)4-2/h3-11H,2H2,1H3. The molecule has 1 heteroatoms. The van der Waals surface area contributed by atoms with Crippen LogP contribution in [0.3, 0.4) is 0 Å². The second kappa shape index (κ2) is 4.43. The van der Waals surface area contributed by atoms with Crippen LogP contribution in [-0.4, -0.2) is 0 Å². The first kappa shape index (κ1) is 11.2. The van der Waals surface area contributed by atoms with Crippen LogP contribution in [0.15, 0.2) is 49.1 Å². The predicted molar refractivity (Wildman–Crippen MR) is 84.1 cm³/mol. The Morgan fingerprint density at radius 1 is 1.06 bits per heavy atom. The number of hydrogen-bond donors (Lipinski definition) is 0. The number of rotatable bonds is 2. The number of allylic oxidation sites excluding steroid dienone is 1. The number of thiophene rings is 1. The van der Waals surface area contributed by atoms with Crippen molar-refractivity contribution in [3.63, 3.8) is 0 Å². The van der Waals surface area contributed by atoms with Gasteiger partial charge in [0.25, 0.3) is 0 Å². The first-order chi connectivity index (χ1) is 8.85. The zero-order valence-electron chi connectivity index (χ0n) is 10.3. The molecule has 0 radical (unpaired) electrons. The first-order valence-electron chi connectivity index (χ1n) is 6.04. The topological polar surface area (TPSA) is 0 Å². The maximum atomic E-state index is 3.97. The van der Waals surface area contributed by atoms with E-state index in [0.717, 1.165) is 0 Å². The Balaban J connectivity index is 2.47. The van der Waals surface area contributed by atoms with Gasteiger partial charge in [0.15, 0.2) is 0 Å². The molecule has 88 valence electrons. The van der Waals surface area contributed by atoms with E-state index in [-0.39, 0.29) is 0 Å². The Kier molecular flexibility index (Phi) is 2.77. The largest absolute Gasteiger partial charge is 0.135 e. The Hall–Kier alpha value is -1.86. The van der Waals surface area contributed by atoms with E-state index >= 15 is 0 Å². The highest BCUT2D eigenvalue weighted by molar-refractivity contribution is 7.26. The fourth-order valence-corrected chi connectivity index (χ4v) is 3.61. The molecule has 0 aliphatic rings. The summed E-state index contributed by atoms with van der Waals surface area (Å²) in [5, 5.41) is 2.67. The lowest BCUT2D eigenvalue weighted by atomic mass is 10.0. The van der Waals surface area contributed by atoms with Crippen molar-refractivity contribution in [3.05, 3.63) is 60.2 Å². The fourth-order valence-electron chi connectivity index (χ4n) is 2.36. The molecular formula is C17H14S. The quantitative estimate of drug-likeness (QED) is 0.544. The van der Waals surface area contributed by atoms with E-state index in [1.807, 2.05) is 24.3 Å². The molecule has 0 saturated carbocycles. The molecule has 3 aromatic rings. The monoisotopic (exact) mass is 250 g/mol. The van der Waals surface area contributed by atoms with Gasteiger partial charge in [-0.05, 0) is 24.1 Å². The van der Waals surface area contributed by atoms with Gasteiger partial charge in [0.2, 0.25) is 0 Å². The number of benzene rings is 2. The summed E-state index contributed by atoms with van der Waals surface area (Å²) in [7, 11) is 0. The summed E-state index contributed by atoms with van der Waals surface area (Å²) < 4.78 is 2.68. The maximum absolute atomic E-state index is 3.97. The Labute approximate surface area is 111 Å². The SMILES string of the molecule is C=Cc1c(C=CC)ccc2c1sc1ccccc12. The lowest BCUT2D eigenvalue weighted by Crippen LogP contribution is -1.80. The minimum atomic E-state index is 1.24. The van der Waals surface area contributed by atoms with Crippen LogP contribution in [0.5, 0.6) is 0 Å². The third-order valence-corrected chi connectivity index (χ3v) is 4.39. The highest BCUT2D eigenvalue weighted by atomic mass is 32.1. The minimum Gasteiger partial charge on any atom is -0.135 e. The van der Waals surface area contributed by atoms with E-state index in [9.17, 15) is 0 Å². The van der Waals surface area contributed by atoms with Crippen molar-refractivity contribution < 1.29 is 0 Å². The van der Waals surface area contributed by atoms with Crippen LogP contribution in [0, 0.1) is 0 Å². The molecule has 0 aliphatic heterocycles. The molecule has 1 heterocycles.